The number of halogens is 1. The summed E-state index contributed by atoms with van der Waals surface area (Å²) in [6, 6.07) is 1.37. The second kappa shape index (κ2) is 6.72. The topological polar surface area (TPSA) is 90.4 Å². The molecule has 7 nitrogen and oxygen atoms in total. The van der Waals surface area contributed by atoms with Crippen molar-refractivity contribution in [3.63, 3.8) is 0 Å². The minimum atomic E-state index is -3.56. The van der Waals surface area contributed by atoms with Crippen LogP contribution in [0.25, 0.3) is 0 Å². The number of hydrogen-bond acceptors (Lipinski definition) is 6. The summed E-state index contributed by atoms with van der Waals surface area (Å²) in [6.07, 6.45) is 0. The molecule has 0 unspecified atom stereocenters. The number of anilines is 1. The molecule has 0 amide bonds. The smallest absolute Gasteiger partial charge is 0.241 e. The second-order valence-electron chi connectivity index (χ2n) is 3.17. The number of ether oxygens (including phenoxy) is 2. The summed E-state index contributed by atoms with van der Waals surface area (Å²) in [7, 11) is -2.17. The van der Waals surface area contributed by atoms with Crippen LogP contribution in [-0.4, -0.2) is 44.5 Å². The van der Waals surface area contributed by atoms with Crippen molar-refractivity contribution in [3.05, 3.63) is 11.2 Å². The molecule has 9 heteroatoms. The van der Waals surface area contributed by atoms with Crippen LogP contribution in [0.1, 0.15) is 6.92 Å². The molecule has 0 saturated heterocycles. The Bertz CT molecular complexity index is 495. The zero-order valence-corrected chi connectivity index (χ0v) is 11.6. The quantitative estimate of drug-likeness (QED) is 0.594. The van der Waals surface area contributed by atoms with Crippen LogP contribution in [0.4, 0.5) is 5.95 Å². The van der Waals surface area contributed by atoms with Gasteiger partial charge in [-0.2, -0.15) is 4.98 Å². The summed E-state index contributed by atoms with van der Waals surface area (Å²) in [5.74, 6) is -0.132. The van der Waals surface area contributed by atoms with Crippen LogP contribution in [0.15, 0.2) is 6.07 Å². The van der Waals surface area contributed by atoms with Crippen LogP contribution >= 0.6 is 11.6 Å². The predicted octanol–water partition coefficient (Wildman–Crippen LogP) is 0.917. The van der Waals surface area contributed by atoms with Crippen molar-refractivity contribution in [2.24, 2.45) is 0 Å². The molecule has 18 heavy (non-hydrogen) atoms. The zero-order chi connectivity index (χ0) is 13.6. The normalized spacial score (nSPS) is 11.3. The van der Waals surface area contributed by atoms with E-state index in [1.807, 2.05) is 0 Å². The van der Waals surface area contributed by atoms with Crippen LogP contribution < -0.4 is 9.46 Å². The molecule has 0 aliphatic heterocycles. The summed E-state index contributed by atoms with van der Waals surface area (Å²) in [6.45, 7) is 2.34. The number of aromatic nitrogens is 2. The van der Waals surface area contributed by atoms with E-state index in [1.165, 1.54) is 13.2 Å². The molecule has 0 saturated carbocycles. The molecule has 1 heterocycles. The maximum atomic E-state index is 11.6. The lowest BCUT2D eigenvalue weighted by Crippen LogP contribution is -2.21. The third-order valence-electron chi connectivity index (χ3n) is 1.83. The van der Waals surface area contributed by atoms with Crippen molar-refractivity contribution in [1.82, 2.24) is 9.97 Å². The molecule has 0 aliphatic rings. The first-order valence-electron chi connectivity index (χ1n) is 5.13. The largest absolute Gasteiger partial charge is 0.481 e. The predicted molar refractivity (Wildman–Crippen MR) is 67.5 cm³/mol. The maximum absolute atomic E-state index is 11.6. The summed E-state index contributed by atoms with van der Waals surface area (Å²) >= 11 is 5.69. The van der Waals surface area contributed by atoms with Gasteiger partial charge < -0.3 is 9.47 Å². The minimum absolute atomic E-state index is 0.0874. The van der Waals surface area contributed by atoms with Crippen molar-refractivity contribution >= 4 is 27.6 Å². The molecular formula is C9H14ClN3O4S. The number of nitrogens with zero attached hydrogens (tertiary/aromatic N) is 2. The lowest BCUT2D eigenvalue weighted by molar-refractivity contribution is 0.163. The maximum Gasteiger partial charge on any atom is 0.241 e. The van der Waals surface area contributed by atoms with E-state index in [4.69, 9.17) is 21.1 Å². The van der Waals surface area contributed by atoms with Gasteiger partial charge in [-0.3, -0.25) is 4.72 Å². The van der Waals surface area contributed by atoms with Crippen LogP contribution in [0.3, 0.4) is 0 Å². The van der Waals surface area contributed by atoms with Gasteiger partial charge in [0, 0.05) is 12.7 Å². The van der Waals surface area contributed by atoms with Gasteiger partial charge in [-0.05, 0) is 6.92 Å². The number of sulfonamides is 1. The van der Waals surface area contributed by atoms with Gasteiger partial charge in [0.1, 0.15) is 5.15 Å². The fourth-order valence-corrected chi connectivity index (χ4v) is 2.03. The fourth-order valence-electron chi connectivity index (χ4n) is 1.05. The van der Waals surface area contributed by atoms with Gasteiger partial charge in [-0.25, -0.2) is 13.4 Å². The molecule has 102 valence electrons. The van der Waals surface area contributed by atoms with E-state index >= 15 is 0 Å². The van der Waals surface area contributed by atoms with Crippen molar-refractivity contribution in [1.29, 1.82) is 0 Å². The number of hydrogen-bond donors (Lipinski definition) is 1. The average molecular weight is 296 g/mol. The summed E-state index contributed by atoms with van der Waals surface area (Å²) in [4.78, 5) is 7.56. The Labute approximate surface area is 111 Å². The van der Waals surface area contributed by atoms with E-state index in [2.05, 4.69) is 14.7 Å². The molecule has 0 spiro atoms. The molecule has 1 aromatic heterocycles. The van der Waals surface area contributed by atoms with E-state index in [9.17, 15) is 8.42 Å². The average Bonchev–Trinajstić information content (AvgIpc) is 2.27. The van der Waals surface area contributed by atoms with Crippen molar-refractivity contribution < 1.29 is 17.9 Å². The zero-order valence-electron chi connectivity index (χ0n) is 10.0. The van der Waals surface area contributed by atoms with Crippen molar-refractivity contribution in [2.75, 3.05) is 30.8 Å². The highest BCUT2D eigenvalue weighted by molar-refractivity contribution is 7.92. The Morgan fingerprint density at radius 3 is 2.78 bits per heavy atom. The van der Waals surface area contributed by atoms with Gasteiger partial charge in [-0.1, -0.05) is 11.6 Å². The number of methoxy groups -OCH3 is 1. The van der Waals surface area contributed by atoms with Crippen LogP contribution in [-0.2, 0) is 14.8 Å². The van der Waals surface area contributed by atoms with Crippen LogP contribution in [0.5, 0.6) is 5.88 Å². The molecule has 0 bridgehead atoms. The van der Waals surface area contributed by atoms with Crippen LogP contribution in [0.2, 0.25) is 5.15 Å². The summed E-state index contributed by atoms with van der Waals surface area (Å²) in [5, 5.41) is 0.0874. The second-order valence-corrected chi connectivity index (χ2v) is 5.40. The molecule has 0 radical (unpaired) electrons. The molecule has 0 aliphatic carbocycles. The molecule has 1 rings (SSSR count). The van der Waals surface area contributed by atoms with E-state index in [-0.39, 0.29) is 29.3 Å². The Hall–Kier alpha value is -1.12. The molecular weight excluding hydrogens is 282 g/mol. The van der Waals surface area contributed by atoms with E-state index < -0.39 is 10.0 Å². The third kappa shape index (κ3) is 5.03. The minimum Gasteiger partial charge on any atom is -0.481 e. The Morgan fingerprint density at radius 2 is 2.17 bits per heavy atom. The SMILES string of the molecule is CCOCCS(=O)(=O)Nc1nc(Cl)cc(OC)n1. The number of rotatable bonds is 7. The van der Waals surface area contributed by atoms with Gasteiger partial charge in [0.15, 0.2) is 0 Å². The Balaban J connectivity index is 2.74. The highest BCUT2D eigenvalue weighted by Crippen LogP contribution is 2.16. The molecule has 1 N–H and O–H groups in total. The lowest BCUT2D eigenvalue weighted by Gasteiger charge is -2.07. The monoisotopic (exact) mass is 295 g/mol. The van der Waals surface area contributed by atoms with Gasteiger partial charge in [0.25, 0.3) is 0 Å². The van der Waals surface area contributed by atoms with Gasteiger partial charge in [0.05, 0.1) is 19.5 Å². The standard InChI is InChI=1S/C9H14ClN3O4S/c1-3-17-4-5-18(14,15)13-9-11-7(10)6-8(12-9)16-2/h6H,3-5H2,1-2H3,(H,11,12,13). The molecule has 0 fully saturated rings. The lowest BCUT2D eigenvalue weighted by atomic mass is 10.6. The fraction of sp³-hybridized carbons (Fsp3) is 0.556. The van der Waals surface area contributed by atoms with Crippen LogP contribution in [0, 0.1) is 0 Å². The first kappa shape index (κ1) is 14.9. The molecule has 1 aromatic rings. The number of nitrogens with one attached hydrogen (secondary N) is 1. The van der Waals surface area contributed by atoms with Gasteiger partial charge >= 0.3 is 0 Å². The van der Waals surface area contributed by atoms with E-state index in [1.54, 1.807) is 6.92 Å². The summed E-state index contributed by atoms with van der Waals surface area (Å²) in [5.41, 5.74) is 0. The Kier molecular flexibility index (Phi) is 5.57. The van der Waals surface area contributed by atoms with Crippen molar-refractivity contribution in [2.45, 2.75) is 6.92 Å². The third-order valence-corrected chi connectivity index (χ3v) is 3.22. The molecule has 0 atom stereocenters. The first-order valence-corrected chi connectivity index (χ1v) is 7.16. The highest BCUT2D eigenvalue weighted by Gasteiger charge is 2.13. The van der Waals surface area contributed by atoms with E-state index in [0.717, 1.165) is 0 Å². The first-order chi connectivity index (χ1) is 8.46. The molecule has 0 aromatic carbocycles. The van der Waals surface area contributed by atoms with Crippen molar-refractivity contribution in [3.8, 4) is 5.88 Å². The van der Waals surface area contributed by atoms with Gasteiger partial charge in [0.2, 0.25) is 21.9 Å². The highest BCUT2D eigenvalue weighted by atomic mass is 35.5. The Morgan fingerprint density at radius 1 is 1.44 bits per heavy atom. The summed E-state index contributed by atoms with van der Waals surface area (Å²) < 4.78 is 35.3. The van der Waals surface area contributed by atoms with E-state index in [0.29, 0.717) is 6.61 Å². The van der Waals surface area contributed by atoms with Gasteiger partial charge in [-0.15, -0.1) is 0 Å².